The van der Waals surface area contributed by atoms with E-state index >= 15 is 0 Å². The van der Waals surface area contributed by atoms with E-state index in [0.29, 0.717) is 0 Å². The molecule has 9 heteroatoms. The van der Waals surface area contributed by atoms with E-state index in [2.05, 4.69) is 385 Å². The molecule has 8 nitrogen and oxygen atoms in total. The van der Waals surface area contributed by atoms with Crippen molar-refractivity contribution in [1.29, 1.82) is 0 Å². The maximum atomic E-state index is 6.93. The van der Waals surface area contributed by atoms with Crippen molar-refractivity contribution in [1.82, 2.24) is 0 Å². The topological polar surface area (TPSA) is 49.9 Å². The quantitative estimate of drug-likeness (QED) is 0.140. The molecule has 0 bridgehead atoms. The molecule has 6 aliphatic rings. The summed E-state index contributed by atoms with van der Waals surface area (Å²) in [5, 5.41) is 10.1. The summed E-state index contributed by atoms with van der Waals surface area (Å²) < 4.78 is 26.5. The van der Waals surface area contributed by atoms with Crippen LogP contribution in [0.25, 0.3) is 43.8 Å². The number of hydrogen-bond donors (Lipinski definition) is 0. The predicted molar refractivity (Wildman–Crippen MR) is 476 cm³/mol. The number of rotatable bonds is 8. The summed E-state index contributed by atoms with van der Waals surface area (Å²) in [5.74, 6) is 6.68. The van der Waals surface area contributed by atoms with Gasteiger partial charge in [0.1, 0.15) is 0 Å². The fourth-order valence-electron chi connectivity index (χ4n) is 19.3. The van der Waals surface area contributed by atoms with E-state index in [1.807, 2.05) is 48.5 Å². The van der Waals surface area contributed by atoms with Gasteiger partial charge >= 0.3 is 0 Å². The van der Waals surface area contributed by atoms with E-state index in [1.54, 1.807) is 0 Å². The molecule has 1 aliphatic carbocycles. The molecule has 24 rings (SSSR count). The summed E-state index contributed by atoms with van der Waals surface area (Å²) in [4.78, 5) is 9.45. The van der Waals surface area contributed by atoms with Crippen LogP contribution in [0.3, 0.4) is 0 Å². The van der Waals surface area contributed by atoms with Gasteiger partial charge in [-0.25, -0.2) is 0 Å². The van der Waals surface area contributed by atoms with Crippen LogP contribution in [0, 0.1) is 13.8 Å². The monoisotopic (exact) mass is 1500 g/mol. The first kappa shape index (κ1) is 66.8. The van der Waals surface area contributed by atoms with Crippen LogP contribution in [0.5, 0.6) is 46.0 Å². The minimum atomic E-state index is -2.72. The summed E-state index contributed by atoms with van der Waals surface area (Å²) in [5.41, 5.74) is 24.3. The first-order valence-electron chi connectivity index (χ1n) is 39.7. The van der Waals surface area contributed by atoms with Crippen molar-refractivity contribution < 1.29 is 18.9 Å². The van der Waals surface area contributed by atoms with Gasteiger partial charge in [0.2, 0.25) is 0 Å². The van der Waals surface area contributed by atoms with Crippen LogP contribution in [0.4, 0.5) is 68.2 Å². The molecule has 0 saturated heterocycles. The van der Waals surface area contributed by atoms with E-state index in [1.165, 1.54) is 76.4 Å². The third-order valence-electron chi connectivity index (χ3n) is 24.3. The van der Waals surface area contributed by atoms with Gasteiger partial charge in [0, 0.05) is 22.1 Å². The van der Waals surface area contributed by atoms with Gasteiger partial charge in [-0.15, -0.1) is 0 Å². The van der Waals surface area contributed by atoms with Crippen LogP contribution < -0.4 is 59.3 Å². The van der Waals surface area contributed by atoms with Gasteiger partial charge in [0.15, 0.2) is 54.1 Å². The van der Waals surface area contributed by atoms with E-state index in [9.17, 15) is 0 Å². The number of nitrogens with zero attached hydrogens (tertiary/aromatic N) is 4. The fourth-order valence-corrected chi connectivity index (χ4v) is 24.4. The highest BCUT2D eigenvalue weighted by molar-refractivity contribution is 7.22. The minimum absolute atomic E-state index is 0.561. The van der Waals surface area contributed by atoms with E-state index < -0.39 is 13.5 Å². The van der Waals surface area contributed by atoms with Gasteiger partial charge < -0.3 is 38.5 Å². The number of ether oxygens (including phenoxy) is 4. The molecular weight excluding hydrogens is 1430 g/mol. The van der Waals surface area contributed by atoms with Crippen molar-refractivity contribution in [3.63, 3.8) is 0 Å². The average molecular weight is 1510 g/mol. The van der Waals surface area contributed by atoms with Gasteiger partial charge in [0.25, 0.3) is 0 Å². The summed E-state index contributed by atoms with van der Waals surface area (Å²) in [6.07, 6.45) is 0. The van der Waals surface area contributed by atoms with Crippen molar-refractivity contribution in [3.05, 3.63) is 434 Å². The Hall–Kier alpha value is -14.9. The lowest BCUT2D eigenvalue weighted by atomic mass is 9.67. The molecule has 0 N–H and O–H groups in total. The highest BCUT2D eigenvalue weighted by atomic mass is 28.3. The Morgan fingerprint density at radius 3 is 1.06 bits per heavy atom. The van der Waals surface area contributed by atoms with Crippen molar-refractivity contribution in [2.75, 3.05) is 19.6 Å². The Bertz CT molecular complexity index is 6870. The number of fused-ring (bicyclic) bond motifs is 16. The third-order valence-corrected chi connectivity index (χ3v) is 29.2. The van der Waals surface area contributed by atoms with E-state index in [0.717, 1.165) is 136 Å². The first-order chi connectivity index (χ1) is 57.3. The second kappa shape index (κ2) is 26.4. The maximum Gasteiger partial charge on any atom is 0.180 e. The second-order valence-electron chi connectivity index (χ2n) is 30.7. The van der Waals surface area contributed by atoms with Gasteiger partial charge in [0.05, 0.1) is 62.3 Å². The first-order valence-corrected chi connectivity index (χ1v) is 41.7. The number of anilines is 12. The van der Waals surface area contributed by atoms with Gasteiger partial charge in [-0.1, -0.05) is 278 Å². The molecule has 0 spiro atoms. The van der Waals surface area contributed by atoms with Gasteiger partial charge in [-0.3, -0.25) is 0 Å². The zero-order chi connectivity index (χ0) is 76.7. The van der Waals surface area contributed by atoms with Crippen LogP contribution in [-0.2, 0) is 5.41 Å². The highest BCUT2D eigenvalue weighted by Gasteiger charge is 2.51. The van der Waals surface area contributed by atoms with E-state index in [4.69, 9.17) is 18.9 Å². The van der Waals surface area contributed by atoms with Crippen molar-refractivity contribution in [3.8, 4) is 68.2 Å². The molecule has 548 valence electrons. The number of aryl methyl sites for hydroxylation is 2. The molecule has 116 heavy (non-hydrogen) atoms. The van der Waals surface area contributed by atoms with Crippen LogP contribution in [-0.4, -0.2) is 8.07 Å². The van der Waals surface area contributed by atoms with Crippen LogP contribution in [0.1, 0.15) is 33.4 Å². The standard InChI is InChI=1S/C55H38N2O2.C52H34N2O2Si/c1-35-25-29-37(30-26-35)55(38-31-27-36(2)28-32-38)43-16-4-3-13-39(43)42-33-54-50(34-44(42)55)57(49-19-7-10-24-53(49)59-54)46-21-12-14-40-41(46)15-11-20-45(40)56-47-17-5-8-22-51(47)58-52-23-9-6-18-48(52)56;1-3-15-39(16-4-1)57(40-17-5-2-6-18-40)51-26-14-7-19-41(51)42-33-50-46(34-52(42)57)54(45-22-10-13-25-49(45)56-50)38-30-28-35-31-37(29-27-36(35)32-38)53-43-20-8-11-23-47(43)55-48-24-12-9-21-44(48)53/h3-34H,1-2H3;1-34H. The summed E-state index contributed by atoms with van der Waals surface area (Å²) in [7, 11) is -2.72. The SMILES string of the molecule is Cc1ccc(C2(c3ccc(C)cc3)c3ccccc3-c3cc4c(cc32)N(c2cccc3c(N5c6ccccc6Oc6ccccc65)cccc23)c2ccccc2O4)cc1.c1ccc([Si]2(c3ccccc3)c3ccccc3-c3cc4c(cc32)N(c2ccc3cc(N5c6ccccc6Oc6ccccc65)ccc3c2)c2ccccc2O4)cc1. The molecule has 0 amide bonds. The lowest BCUT2D eigenvalue weighted by Gasteiger charge is -2.37. The Labute approximate surface area is 674 Å². The van der Waals surface area contributed by atoms with Crippen LogP contribution in [0.15, 0.2) is 400 Å². The minimum Gasteiger partial charge on any atom is -0.453 e. The van der Waals surface area contributed by atoms with Crippen molar-refractivity contribution >= 4 is 119 Å². The summed E-state index contributed by atoms with van der Waals surface area (Å²) in [6, 6.07) is 145. The molecule has 18 aromatic rings. The lowest BCUT2D eigenvalue weighted by molar-refractivity contribution is 0.476. The Morgan fingerprint density at radius 2 is 0.586 bits per heavy atom. The summed E-state index contributed by atoms with van der Waals surface area (Å²) >= 11 is 0. The zero-order valence-corrected chi connectivity index (χ0v) is 64.5. The third kappa shape index (κ3) is 10.1. The lowest BCUT2D eigenvalue weighted by Crippen LogP contribution is -2.72. The Kier molecular flexibility index (Phi) is 15.2. The summed E-state index contributed by atoms with van der Waals surface area (Å²) in [6.45, 7) is 4.32. The number of hydrogen-bond acceptors (Lipinski definition) is 8. The molecule has 18 aromatic carbocycles. The Morgan fingerprint density at radius 1 is 0.224 bits per heavy atom. The predicted octanol–water partition coefficient (Wildman–Crippen LogP) is 26.3. The smallest absolute Gasteiger partial charge is 0.180 e. The molecule has 0 radical (unpaired) electrons. The van der Waals surface area contributed by atoms with Crippen LogP contribution in [0.2, 0.25) is 0 Å². The molecule has 0 atom stereocenters. The van der Waals surface area contributed by atoms with Gasteiger partial charge in [-0.2, -0.15) is 0 Å². The number of benzene rings is 18. The van der Waals surface area contributed by atoms with E-state index in [-0.39, 0.29) is 0 Å². The molecule has 0 unspecified atom stereocenters. The maximum absolute atomic E-state index is 6.93. The molecule has 0 fully saturated rings. The van der Waals surface area contributed by atoms with Crippen molar-refractivity contribution in [2.45, 2.75) is 19.3 Å². The molecular formula is C107H72N4O4Si. The average Bonchev–Trinajstić information content (AvgIpc) is 1.53. The number of para-hydroxylation sites is 12. The van der Waals surface area contributed by atoms with Crippen LogP contribution >= 0.6 is 0 Å². The molecule has 5 aliphatic heterocycles. The van der Waals surface area contributed by atoms with Crippen molar-refractivity contribution in [2.24, 2.45) is 0 Å². The molecule has 0 saturated carbocycles. The highest BCUT2D eigenvalue weighted by Crippen LogP contribution is 2.63. The Balaban J connectivity index is 0.000000137. The molecule has 0 aromatic heterocycles. The zero-order valence-electron chi connectivity index (χ0n) is 63.5. The largest absolute Gasteiger partial charge is 0.453 e. The van der Waals surface area contributed by atoms with Gasteiger partial charge in [-0.05, 0) is 223 Å². The second-order valence-corrected chi connectivity index (χ2v) is 34.4. The molecule has 5 heterocycles. The fraction of sp³-hybridized carbons (Fsp3) is 0.0280. The normalized spacial score (nSPS) is 13.9.